The molecular formula is C3H4N4S. The normalized spacial score (nSPS) is 9.12. The molecule has 0 fully saturated rings. The van der Waals surface area contributed by atoms with Crippen LogP contribution in [0.2, 0.25) is 0 Å². The lowest BCUT2D eigenvalue weighted by molar-refractivity contribution is 0.791. The molecular weight excluding hydrogens is 124 g/mol. The fourth-order valence-electron chi connectivity index (χ4n) is 0.291. The molecule has 0 aromatic carbocycles. The second kappa shape index (κ2) is 1.95. The zero-order chi connectivity index (χ0) is 5.98. The maximum atomic E-state index is 4.58. The third kappa shape index (κ3) is 1.06. The Kier molecular flexibility index (Phi) is 1.29. The molecule has 5 heteroatoms. The van der Waals surface area contributed by atoms with Crippen LogP contribution in [0.25, 0.3) is 0 Å². The molecule has 1 rings (SSSR count). The van der Waals surface area contributed by atoms with Gasteiger partial charge in [-0.3, -0.25) is 0 Å². The molecule has 0 radical (unpaired) electrons. The van der Waals surface area contributed by atoms with Crippen LogP contribution in [-0.2, 0) is 0 Å². The van der Waals surface area contributed by atoms with E-state index in [-0.39, 0.29) is 0 Å². The number of aryl methyl sites for hydroxylation is 1. The summed E-state index contributed by atoms with van der Waals surface area (Å²) in [6.07, 6.45) is 0. The van der Waals surface area contributed by atoms with Gasteiger partial charge < -0.3 is 0 Å². The molecule has 4 nitrogen and oxygen atoms in total. The number of aromatic amines is 1. The van der Waals surface area contributed by atoms with E-state index >= 15 is 0 Å². The van der Waals surface area contributed by atoms with E-state index in [0.29, 0.717) is 10.6 Å². The summed E-state index contributed by atoms with van der Waals surface area (Å²) < 4.78 is 0.315. The van der Waals surface area contributed by atoms with Crippen molar-refractivity contribution in [3.8, 4) is 0 Å². The van der Waals surface area contributed by atoms with Gasteiger partial charge in [0.2, 0.25) is 4.77 Å². The van der Waals surface area contributed by atoms with Crippen LogP contribution < -0.4 is 0 Å². The lowest BCUT2D eigenvalue weighted by Gasteiger charge is -1.82. The molecule has 42 valence electrons. The Morgan fingerprint density at radius 1 is 1.50 bits per heavy atom. The van der Waals surface area contributed by atoms with Crippen LogP contribution in [-0.4, -0.2) is 20.4 Å². The van der Waals surface area contributed by atoms with Gasteiger partial charge in [0.05, 0.1) is 0 Å². The number of nitrogens with one attached hydrogen (secondary N) is 1. The van der Waals surface area contributed by atoms with E-state index in [4.69, 9.17) is 0 Å². The van der Waals surface area contributed by atoms with Crippen LogP contribution in [0.15, 0.2) is 0 Å². The Bertz CT molecular complexity index is 208. The third-order valence-corrected chi connectivity index (χ3v) is 0.772. The summed E-state index contributed by atoms with van der Waals surface area (Å²) in [5.41, 5.74) is 0. The molecule has 0 amide bonds. The summed E-state index contributed by atoms with van der Waals surface area (Å²) in [6.45, 7) is 1.73. The smallest absolute Gasteiger partial charge is 0.234 e. The van der Waals surface area contributed by atoms with Crippen molar-refractivity contribution in [2.75, 3.05) is 0 Å². The first-order valence-corrected chi connectivity index (χ1v) is 2.46. The zero-order valence-electron chi connectivity index (χ0n) is 4.25. The maximum absolute atomic E-state index is 4.58. The van der Waals surface area contributed by atoms with Crippen LogP contribution in [0.3, 0.4) is 0 Å². The van der Waals surface area contributed by atoms with Crippen LogP contribution in [0.4, 0.5) is 0 Å². The van der Waals surface area contributed by atoms with Gasteiger partial charge >= 0.3 is 0 Å². The lowest BCUT2D eigenvalue weighted by Crippen LogP contribution is -1.93. The van der Waals surface area contributed by atoms with E-state index in [1.54, 1.807) is 6.92 Å². The van der Waals surface area contributed by atoms with Gasteiger partial charge in [-0.05, 0) is 19.1 Å². The van der Waals surface area contributed by atoms with Crippen LogP contribution in [0.1, 0.15) is 5.82 Å². The Hall–Kier alpha value is -0.840. The molecule has 0 aliphatic heterocycles. The van der Waals surface area contributed by atoms with Gasteiger partial charge in [-0.2, -0.15) is 5.10 Å². The van der Waals surface area contributed by atoms with Crippen molar-refractivity contribution < 1.29 is 0 Å². The molecule has 1 N–H and O–H groups in total. The Morgan fingerprint density at radius 2 is 2.25 bits per heavy atom. The van der Waals surface area contributed by atoms with Gasteiger partial charge in [0.25, 0.3) is 0 Å². The maximum Gasteiger partial charge on any atom is 0.234 e. The molecule has 1 heterocycles. The minimum Gasteiger partial charge on any atom is -0.249 e. The standard InChI is InChI=1S/C3H4N4S/c1-2-4-6-3(8)7-5-2/h1H3,(H,6,7,8). The fourth-order valence-corrected chi connectivity index (χ4v) is 0.378. The van der Waals surface area contributed by atoms with E-state index in [2.05, 4.69) is 32.6 Å². The summed E-state index contributed by atoms with van der Waals surface area (Å²) in [5.74, 6) is 0.596. The van der Waals surface area contributed by atoms with Crippen molar-refractivity contribution in [3.63, 3.8) is 0 Å². The predicted octanol–water partition coefficient (Wildman–Crippen LogP) is 0.238. The quantitative estimate of drug-likeness (QED) is 0.508. The van der Waals surface area contributed by atoms with Crippen molar-refractivity contribution in [2.45, 2.75) is 6.92 Å². The highest BCUT2D eigenvalue weighted by atomic mass is 32.1. The van der Waals surface area contributed by atoms with Crippen LogP contribution >= 0.6 is 12.2 Å². The third-order valence-electron chi connectivity index (χ3n) is 0.599. The number of aromatic nitrogens is 4. The SMILES string of the molecule is Cc1nnc(=S)[nH]n1. The zero-order valence-corrected chi connectivity index (χ0v) is 5.07. The van der Waals surface area contributed by atoms with E-state index < -0.39 is 0 Å². The van der Waals surface area contributed by atoms with Crippen molar-refractivity contribution in [1.82, 2.24) is 20.4 Å². The number of H-pyrrole nitrogens is 1. The first kappa shape index (κ1) is 5.30. The number of hydrogen-bond donors (Lipinski definition) is 1. The topological polar surface area (TPSA) is 54.5 Å². The molecule has 0 spiro atoms. The number of nitrogens with zero attached hydrogens (tertiary/aromatic N) is 3. The van der Waals surface area contributed by atoms with Gasteiger partial charge in [0.1, 0.15) is 0 Å². The monoisotopic (exact) mass is 128 g/mol. The first-order valence-electron chi connectivity index (χ1n) is 2.05. The van der Waals surface area contributed by atoms with Gasteiger partial charge in [-0.15, -0.1) is 10.2 Å². The molecule has 0 saturated carbocycles. The molecule has 1 aromatic heterocycles. The average Bonchev–Trinajstić information content (AvgIpc) is 1.77. The predicted molar refractivity (Wildman–Crippen MR) is 29.7 cm³/mol. The highest BCUT2D eigenvalue weighted by Crippen LogP contribution is 1.74. The summed E-state index contributed by atoms with van der Waals surface area (Å²) in [6, 6.07) is 0. The largest absolute Gasteiger partial charge is 0.249 e. The Morgan fingerprint density at radius 3 is 2.62 bits per heavy atom. The summed E-state index contributed by atoms with van der Waals surface area (Å²) in [4.78, 5) is 0. The van der Waals surface area contributed by atoms with Crippen molar-refractivity contribution in [3.05, 3.63) is 10.6 Å². The average molecular weight is 128 g/mol. The fraction of sp³-hybridized carbons (Fsp3) is 0.333. The first-order chi connectivity index (χ1) is 3.79. The van der Waals surface area contributed by atoms with Crippen molar-refractivity contribution in [1.29, 1.82) is 0 Å². The van der Waals surface area contributed by atoms with Gasteiger partial charge in [0.15, 0.2) is 5.82 Å². The molecule has 0 unspecified atom stereocenters. The van der Waals surface area contributed by atoms with Crippen molar-refractivity contribution >= 4 is 12.2 Å². The number of rotatable bonds is 0. The van der Waals surface area contributed by atoms with E-state index in [1.807, 2.05) is 0 Å². The Balaban J connectivity index is 3.22. The molecule has 0 saturated heterocycles. The molecule has 1 aromatic rings. The van der Waals surface area contributed by atoms with E-state index in [9.17, 15) is 0 Å². The lowest BCUT2D eigenvalue weighted by atomic mass is 10.8. The van der Waals surface area contributed by atoms with E-state index in [1.165, 1.54) is 0 Å². The molecule has 0 aliphatic carbocycles. The van der Waals surface area contributed by atoms with Crippen molar-refractivity contribution in [2.24, 2.45) is 0 Å². The molecule has 0 aliphatic rings. The van der Waals surface area contributed by atoms with Gasteiger partial charge in [0, 0.05) is 0 Å². The van der Waals surface area contributed by atoms with Gasteiger partial charge in [-0.25, -0.2) is 5.10 Å². The molecule has 8 heavy (non-hydrogen) atoms. The molecule has 0 atom stereocenters. The highest BCUT2D eigenvalue weighted by molar-refractivity contribution is 7.71. The minimum atomic E-state index is 0.315. The highest BCUT2D eigenvalue weighted by Gasteiger charge is 1.80. The second-order valence-corrected chi connectivity index (χ2v) is 1.66. The van der Waals surface area contributed by atoms with E-state index in [0.717, 1.165) is 0 Å². The minimum absolute atomic E-state index is 0.315. The molecule has 0 bridgehead atoms. The second-order valence-electron chi connectivity index (χ2n) is 1.28. The number of hydrogen-bond acceptors (Lipinski definition) is 4. The Labute approximate surface area is 51.0 Å². The summed E-state index contributed by atoms with van der Waals surface area (Å²) >= 11 is 4.58. The van der Waals surface area contributed by atoms with Crippen LogP contribution in [0, 0.1) is 11.7 Å². The summed E-state index contributed by atoms with van der Waals surface area (Å²) in [5, 5.41) is 13.3. The van der Waals surface area contributed by atoms with Gasteiger partial charge in [-0.1, -0.05) is 0 Å². The van der Waals surface area contributed by atoms with Crippen LogP contribution in [0.5, 0.6) is 0 Å². The summed E-state index contributed by atoms with van der Waals surface area (Å²) in [7, 11) is 0.